The number of carbonyl (C=O) groups is 2. The van der Waals surface area contributed by atoms with Crippen molar-refractivity contribution in [3.05, 3.63) is 0 Å². The molecule has 0 aromatic rings. The van der Waals surface area contributed by atoms with Crippen LogP contribution in [-0.2, 0) is 9.59 Å². The van der Waals surface area contributed by atoms with Crippen LogP contribution < -0.4 is 0 Å². The lowest BCUT2D eigenvalue weighted by Crippen LogP contribution is -2.34. The van der Waals surface area contributed by atoms with E-state index in [9.17, 15) is 9.59 Å². The molecule has 0 amide bonds. The van der Waals surface area contributed by atoms with Crippen LogP contribution in [0.1, 0.15) is 19.3 Å². The summed E-state index contributed by atoms with van der Waals surface area (Å²) in [4.78, 5) is 21.7. The van der Waals surface area contributed by atoms with E-state index < -0.39 is 23.8 Å². The third-order valence-electron chi connectivity index (χ3n) is 3.49. The van der Waals surface area contributed by atoms with E-state index in [1.54, 1.807) is 0 Å². The lowest BCUT2D eigenvalue weighted by Gasteiger charge is -2.24. The van der Waals surface area contributed by atoms with Crippen LogP contribution in [0.25, 0.3) is 0 Å². The molecular formula is C9H12O4. The molecular weight excluding hydrogens is 172 g/mol. The van der Waals surface area contributed by atoms with Crippen molar-refractivity contribution in [1.82, 2.24) is 0 Å². The Hall–Kier alpha value is -1.06. The van der Waals surface area contributed by atoms with E-state index in [1.807, 2.05) is 0 Å². The first-order valence-electron chi connectivity index (χ1n) is 4.57. The number of fused-ring (bicyclic) bond motifs is 2. The fourth-order valence-electron chi connectivity index (χ4n) is 3.00. The van der Waals surface area contributed by atoms with E-state index in [-0.39, 0.29) is 11.8 Å². The highest BCUT2D eigenvalue weighted by atomic mass is 16.4. The van der Waals surface area contributed by atoms with Crippen LogP contribution in [0.15, 0.2) is 0 Å². The van der Waals surface area contributed by atoms with Crippen molar-refractivity contribution in [3.8, 4) is 0 Å². The lowest BCUT2D eigenvalue weighted by molar-refractivity contribution is -0.156. The van der Waals surface area contributed by atoms with Crippen molar-refractivity contribution in [2.45, 2.75) is 19.3 Å². The molecule has 2 rings (SSSR count). The van der Waals surface area contributed by atoms with Gasteiger partial charge in [-0.1, -0.05) is 0 Å². The summed E-state index contributed by atoms with van der Waals surface area (Å²) in [6.07, 6.45) is 2.59. The second-order valence-electron chi connectivity index (χ2n) is 4.06. The molecule has 2 aliphatic rings. The van der Waals surface area contributed by atoms with Gasteiger partial charge >= 0.3 is 11.9 Å². The normalized spacial score (nSPS) is 42.2. The molecule has 0 heterocycles. The Morgan fingerprint density at radius 3 is 1.62 bits per heavy atom. The summed E-state index contributed by atoms with van der Waals surface area (Å²) in [5.74, 6) is -2.89. The molecule has 0 aromatic heterocycles. The van der Waals surface area contributed by atoms with Gasteiger partial charge in [0, 0.05) is 0 Å². The summed E-state index contributed by atoms with van der Waals surface area (Å²) < 4.78 is 0. The molecule has 0 saturated heterocycles. The van der Waals surface area contributed by atoms with Gasteiger partial charge in [0.05, 0.1) is 11.8 Å². The number of carboxylic acid groups (broad SMARTS) is 2. The van der Waals surface area contributed by atoms with Gasteiger partial charge in [-0.15, -0.1) is 0 Å². The molecule has 4 nitrogen and oxygen atoms in total. The maximum atomic E-state index is 10.8. The Morgan fingerprint density at radius 1 is 0.923 bits per heavy atom. The van der Waals surface area contributed by atoms with Gasteiger partial charge < -0.3 is 10.2 Å². The zero-order chi connectivity index (χ0) is 9.59. The summed E-state index contributed by atoms with van der Waals surface area (Å²) in [6.45, 7) is 0. The minimum Gasteiger partial charge on any atom is -0.481 e. The minimum absolute atomic E-state index is 0.114. The van der Waals surface area contributed by atoms with Gasteiger partial charge in [0.15, 0.2) is 0 Å². The van der Waals surface area contributed by atoms with Crippen LogP contribution in [-0.4, -0.2) is 22.2 Å². The largest absolute Gasteiger partial charge is 0.481 e. The Labute approximate surface area is 75.6 Å². The molecule has 2 bridgehead atoms. The summed E-state index contributed by atoms with van der Waals surface area (Å²) >= 11 is 0. The fraction of sp³-hybridized carbons (Fsp3) is 0.778. The molecule has 4 atom stereocenters. The predicted molar refractivity (Wildman–Crippen MR) is 43.1 cm³/mol. The first-order chi connectivity index (χ1) is 6.11. The second-order valence-corrected chi connectivity index (χ2v) is 4.06. The van der Waals surface area contributed by atoms with Crippen LogP contribution in [0, 0.1) is 23.7 Å². The van der Waals surface area contributed by atoms with Crippen LogP contribution in [0.3, 0.4) is 0 Å². The number of hydrogen-bond donors (Lipinski definition) is 2. The van der Waals surface area contributed by atoms with Gasteiger partial charge in [-0.2, -0.15) is 0 Å². The zero-order valence-corrected chi connectivity index (χ0v) is 7.14. The van der Waals surface area contributed by atoms with Gasteiger partial charge in [0.25, 0.3) is 0 Å². The Balaban J connectivity index is 2.24. The van der Waals surface area contributed by atoms with Crippen molar-refractivity contribution in [3.63, 3.8) is 0 Å². The van der Waals surface area contributed by atoms with Crippen LogP contribution in [0.4, 0.5) is 0 Å². The highest BCUT2D eigenvalue weighted by Crippen LogP contribution is 2.52. The van der Waals surface area contributed by atoms with Gasteiger partial charge in [-0.25, -0.2) is 0 Å². The molecule has 3 unspecified atom stereocenters. The molecule has 72 valence electrons. The topological polar surface area (TPSA) is 74.6 Å². The molecule has 0 aliphatic heterocycles. The highest BCUT2D eigenvalue weighted by Gasteiger charge is 2.54. The van der Waals surface area contributed by atoms with Crippen molar-refractivity contribution in [2.24, 2.45) is 23.7 Å². The molecule has 0 aromatic carbocycles. The van der Waals surface area contributed by atoms with Crippen molar-refractivity contribution in [2.75, 3.05) is 0 Å². The van der Waals surface area contributed by atoms with Gasteiger partial charge in [-0.05, 0) is 31.1 Å². The Kier molecular flexibility index (Phi) is 1.78. The standard InChI is InChI=1S/C9H12O4/c10-8(11)6-4-1-2-5(3-4)7(6)9(12)13/h4-7H,1-3H2,(H,10,11)(H,12,13)/t4?,5?,6-,7?/m1/s1. The first kappa shape index (κ1) is 8.53. The highest BCUT2D eigenvalue weighted by molar-refractivity contribution is 5.81. The number of carboxylic acids is 2. The van der Waals surface area contributed by atoms with Gasteiger partial charge in [0.1, 0.15) is 0 Å². The maximum absolute atomic E-state index is 10.8. The van der Waals surface area contributed by atoms with E-state index in [0.29, 0.717) is 0 Å². The maximum Gasteiger partial charge on any atom is 0.307 e. The quantitative estimate of drug-likeness (QED) is 0.666. The third-order valence-corrected chi connectivity index (χ3v) is 3.49. The average molecular weight is 184 g/mol. The van der Waals surface area contributed by atoms with Gasteiger partial charge in [-0.3, -0.25) is 9.59 Å². The monoisotopic (exact) mass is 184 g/mol. The Morgan fingerprint density at radius 2 is 1.31 bits per heavy atom. The van der Waals surface area contributed by atoms with Crippen molar-refractivity contribution < 1.29 is 19.8 Å². The lowest BCUT2D eigenvalue weighted by atomic mass is 9.79. The summed E-state index contributed by atoms with van der Waals surface area (Å²) in [5.41, 5.74) is 0. The molecule has 0 spiro atoms. The van der Waals surface area contributed by atoms with Crippen molar-refractivity contribution >= 4 is 11.9 Å². The number of rotatable bonds is 2. The van der Waals surface area contributed by atoms with E-state index in [2.05, 4.69) is 0 Å². The van der Waals surface area contributed by atoms with E-state index in [4.69, 9.17) is 10.2 Å². The van der Waals surface area contributed by atoms with E-state index >= 15 is 0 Å². The molecule has 0 radical (unpaired) electrons. The molecule has 13 heavy (non-hydrogen) atoms. The first-order valence-corrected chi connectivity index (χ1v) is 4.57. The van der Waals surface area contributed by atoms with Gasteiger partial charge in [0.2, 0.25) is 0 Å². The van der Waals surface area contributed by atoms with Crippen LogP contribution in [0.5, 0.6) is 0 Å². The minimum atomic E-state index is -0.931. The summed E-state index contributed by atoms with van der Waals surface area (Å²) in [6, 6.07) is 0. The average Bonchev–Trinajstić information content (AvgIpc) is 2.60. The summed E-state index contributed by atoms with van der Waals surface area (Å²) in [5, 5.41) is 17.8. The number of aliphatic carboxylic acids is 2. The molecule has 4 heteroatoms. The molecule has 2 N–H and O–H groups in total. The van der Waals surface area contributed by atoms with Crippen molar-refractivity contribution in [1.29, 1.82) is 0 Å². The van der Waals surface area contributed by atoms with E-state index in [1.165, 1.54) is 0 Å². The third kappa shape index (κ3) is 1.12. The van der Waals surface area contributed by atoms with Crippen LogP contribution in [0.2, 0.25) is 0 Å². The fourth-order valence-corrected chi connectivity index (χ4v) is 3.00. The molecule has 2 aliphatic carbocycles. The van der Waals surface area contributed by atoms with Crippen LogP contribution >= 0.6 is 0 Å². The van der Waals surface area contributed by atoms with E-state index in [0.717, 1.165) is 19.3 Å². The summed E-state index contributed by atoms with van der Waals surface area (Å²) in [7, 11) is 0. The SMILES string of the molecule is O=C(O)C1C2CCC(C2)[C@H]1C(=O)O. The second kappa shape index (κ2) is 2.72. The predicted octanol–water partition coefficient (Wildman–Crippen LogP) is 0.818. The smallest absolute Gasteiger partial charge is 0.307 e. The molecule has 2 saturated carbocycles. The number of hydrogen-bond acceptors (Lipinski definition) is 2. The zero-order valence-electron chi connectivity index (χ0n) is 7.14. The molecule has 2 fully saturated rings. The Bertz CT molecular complexity index is 234.